The molecular formula is C24H27N5OS. The maximum atomic E-state index is 12.4. The number of amidine groups is 1. The summed E-state index contributed by atoms with van der Waals surface area (Å²) in [7, 11) is -1.57. The van der Waals surface area contributed by atoms with E-state index < -0.39 is 10.0 Å². The lowest BCUT2D eigenvalue weighted by molar-refractivity contribution is -0.130. The quantitative estimate of drug-likeness (QED) is 0.656. The van der Waals surface area contributed by atoms with E-state index in [-0.39, 0.29) is 18.5 Å². The van der Waals surface area contributed by atoms with Gasteiger partial charge in [-0.15, -0.1) is 10.0 Å². The first-order valence-electron chi connectivity index (χ1n) is 10.6. The van der Waals surface area contributed by atoms with Crippen molar-refractivity contribution in [2.45, 2.75) is 28.7 Å². The molecule has 6 nitrogen and oxygen atoms in total. The third-order valence-electron chi connectivity index (χ3n) is 5.56. The molecule has 2 N–H and O–H groups in total. The van der Waals surface area contributed by atoms with Crippen molar-refractivity contribution >= 4 is 21.1 Å². The summed E-state index contributed by atoms with van der Waals surface area (Å²) in [6.07, 6.45) is 3.67. The first-order chi connectivity index (χ1) is 15.3. The Labute approximate surface area is 185 Å². The van der Waals surface area contributed by atoms with Crippen LogP contribution in [-0.4, -0.2) is 48.2 Å². The largest absolute Gasteiger partial charge is 0.341 e. The smallest absolute Gasteiger partial charge is 0.237 e. The molecule has 0 unspecified atom stereocenters. The molecular weight excluding hydrogens is 406 g/mol. The highest BCUT2D eigenvalue weighted by Gasteiger charge is 2.35. The van der Waals surface area contributed by atoms with Gasteiger partial charge < -0.3 is 15.5 Å². The van der Waals surface area contributed by atoms with Crippen molar-refractivity contribution in [3.63, 3.8) is 0 Å². The van der Waals surface area contributed by atoms with Crippen LogP contribution in [0, 0.1) is 11.3 Å². The fourth-order valence-corrected chi connectivity index (χ4v) is 7.19. The van der Waals surface area contributed by atoms with Gasteiger partial charge in [-0.05, 0) is 42.5 Å². The Kier molecular flexibility index (Phi) is 6.70. The SMILES string of the molecule is N#C[C@@H]1CCCN1C(=O)CNCCN=C1NC=CS1(c1ccccc1)c1ccccc1. The third-order valence-corrected chi connectivity index (χ3v) is 8.99. The summed E-state index contributed by atoms with van der Waals surface area (Å²) in [5.74, 6) is -0.00842. The van der Waals surface area contributed by atoms with Crippen molar-refractivity contribution in [3.05, 3.63) is 72.3 Å². The van der Waals surface area contributed by atoms with Crippen molar-refractivity contribution in [3.8, 4) is 6.07 Å². The molecule has 0 aromatic heterocycles. The summed E-state index contributed by atoms with van der Waals surface area (Å²) >= 11 is 0. The number of rotatable bonds is 7. The molecule has 0 bridgehead atoms. The Hall–Kier alpha value is -3.08. The Bertz CT molecular complexity index is 960. The fourth-order valence-electron chi connectivity index (χ4n) is 4.03. The average Bonchev–Trinajstić information content (AvgIpc) is 3.47. The van der Waals surface area contributed by atoms with Crippen LogP contribution < -0.4 is 10.6 Å². The van der Waals surface area contributed by atoms with Crippen LogP contribution in [0.15, 0.2) is 87.1 Å². The number of carbonyl (C=O) groups is 1. The highest BCUT2D eigenvalue weighted by atomic mass is 32.3. The number of amides is 1. The molecule has 2 aromatic rings. The number of nitrogens with one attached hydrogen (secondary N) is 2. The molecule has 0 radical (unpaired) electrons. The Morgan fingerprint density at radius 1 is 1.16 bits per heavy atom. The van der Waals surface area contributed by atoms with Crippen LogP contribution in [0.1, 0.15) is 12.8 Å². The van der Waals surface area contributed by atoms with Crippen LogP contribution in [0.5, 0.6) is 0 Å². The van der Waals surface area contributed by atoms with Crippen molar-refractivity contribution in [2.75, 3.05) is 26.2 Å². The minimum Gasteiger partial charge on any atom is -0.341 e. The summed E-state index contributed by atoms with van der Waals surface area (Å²) in [5.41, 5.74) is 0. The zero-order chi connectivity index (χ0) is 21.5. The van der Waals surface area contributed by atoms with E-state index in [0.717, 1.165) is 18.0 Å². The highest BCUT2D eigenvalue weighted by Crippen LogP contribution is 2.65. The summed E-state index contributed by atoms with van der Waals surface area (Å²) < 4.78 is 0. The first-order valence-corrected chi connectivity index (χ1v) is 12.3. The minimum atomic E-state index is -1.57. The van der Waals surface area contributed by atoms with Gasteiger partial charge in [0.2, 0.25) is 5.91 Å². The lowest BCUT2D eigenvalue weighted by Gasteiger charge is -2.34. The van der Waals surface area contributed by atoms with E-state index in [9.17, 15) is 4.79 Å². The number of nitrogens with zero attached hydrogens (tertiary/aromatic N) is 3. The Morgan fingerprint density at radius 2 is 1.84 bits per heavy atom. The average molecular weight is 434 g/mol. The summed E-state index contributed by atoms with van der Waals surface area (Å²) in [4.78, 5) is 21.4. The molecule has 7 heteroatoms. The van der Waals surface area contributed by atoms with E-state index in [0.29, 0.717) is 19.6 Å². The van der Waals surface area contributed by atoms with E-state index in [1.54, 1.807) is 4.90 Å². The molecule has 2 aromatic carbocycles. The van der Waals surface area contributed by atoms with E-state index in [1.807, 2.05) is 18.3 Å². The lowest BCUT2D eigenvalue weighted by atomic mass is 10.2. The number of likely N-dealkylation sites (tertiary alicyclic amines) is 1. The number of hydrogen-bond acceptors (Lipinski definition) is 4. The number of carbonyl (C=O) groups excluding carboxylic acids is 1. The van der Waals surface area contributed by atoms with Crippen LogP contribution in [0.4, 0.5) is 0 Å². The van der Waals surface area contributed by atoms with E-state index in [2.05, 4.69) is 70.6 Å². The first kappa shape index (κ1) is 21.2. The topological polar surface area (TPSA) is 80.5 Å². The van der Waals surface area contributed by atoms with Gasteiger partial charge in [-0.2, -0.15) is 5.26 Å². The van der Waals surface area contributed by atoms with Gasteiger partial charge in [0.1, 0.15) is 6.04 Å². The van der Waals surface area contributed by atoms with Gasteiger partial charge in [0.25, 0.3) is 0 Å². The van der Waals surface area contributed by atoms with Gasteiger partial charge in [0.05, 0.1) is 19.2 Å². The van der Waals surface area contributed by atoms with Crippen LogP contribution in [0.25, 0.3) is 0 Å². The second-order valence-electron chi connectivity index (χ2n) is 7.47. The Balaban J connectivity index is 1.43. The fraction of sp³-hybridized carbons (Fsp3) is 0.292. The molecule has 0 aliphatic carbocycles. The van der Waals surface area contributed by atoms with Gasteiger partial charge in [-0.25, -0.2) is 0 Å². The standard InChI is InChI=1S/C24H27N5OS/c25-18-20-8-7-16-29(20)23(30)19-26-13-14-27-24-28-15-17-31(24,21-9-3-1-4-10-21)22-11-5-2-6-12-22/h1-6,9-12,15,17,20,26H,7-8,13-14,16,19H2,(H,27,28)/t20-/m0/s1. The Morgan fingerprint density at radius 3 is 2.48 bits per heavy atom. The van der Waals surface area contributed by atoms with E-state index in [1.165, 1.54) is 9.79 Å². The molecule has 1 amide bonds. The summed E-state index contributed by atoms with van der Waals surface area (Å²) in [5, 5.41) is 18.9. The van der Waals surface area contributed by atoms with Gasteiger partial charge in [0.15, 0.2) is 5.17 Å². The van der Waals surface area contributed by atoms with Crippen LogP contribution in [-0.2, 0) is 4.79 Å². The molecule has 1 saturated heterocycles. The molecule has 0 spiro atoms. The third kappa shape index (κ3) is 4.36. The number of aliphatic imine (C=N–C) groups is 1. The van der Waals surface area contributed by atoms with Crippen molar-refractivity contribution in [1.29, 1.82) is 5.26 Å². The zero-order valence-electron chi connectivity index (χ0n) is 17.4. The predicted octanol–water partition coefficient (Wildman–Crippen LogP) is 3.44. The molecule has 4 rings (SSSR count). The van der Waals surface area contributed by atoms with E-state index in [4.69, 9.17) is 10.3 Å². The normalized spacial score (nSPS) is 21.6. The van der Waals surface area contributed by atoms with Gasteiger partial charge in [0, 0.05) is 29.1 Å². The van der Waals surface area contributed by atoms with E-state index >= 15 is 0 Å². The van der Waals surface area contributed by atoms with Gasteiger partial charge >= 0.3 is 0 Å². The van der Waals surface area contributed by atoms with Gasteiger partial charge in [-0.1, -0.05) is 36.4 Å². The lowest BCUT2D eigenvalue weighted by Crippen LogP contribution is -2.41. The van der Waals surface area contributed by atoms with Gasteiger partial charge in [-0.3, -0.25) is 9.79 Å². The molecule has 0 saturated carbocycles. The second-order valence-corrected chi connectivity index (χ2v) is 10.4. The second kappa shape index (κ2) is 9.82. The monoisotopic (exact) mass is 433 g/mol. The van der Waals surface area contributed by atoms with Crippen LogP contribution in [0.2, 0.25) is 0 Å². The summed E-state index contributed by atoms with van der Waals surface area (Å²) in [6.45, 7) is 2.08. The highest BCUT2D eigenvalue weighted by molar-refractivity contribution is 8.47. The number of benzene rings is 2. The zero-order valence-corrected chi connectivity index (χ0v) is 18.2. The molecule has 2 aliphatic rings. The van der Waals surface area contributed by atoms with Crippen molar-refractivity contribution < 1.29 is 4.79 Å². The maximum absolute atomic E-state index is 12.4. The molecule has 160 valence electrons. The minimum absolute atomic E-state index is 0.00842. The number of hydrogen-bond donors (Lipinski definition) is 2. The number of nitriles is 1. The summed E-state index contributed by atoms with van der Waals surface area (Å²) in [6, 6.07) is 22.9. The predicted molar refractivity (Wildman–Crippen MR) is 125 cm³/mol. The molecule has 1 fully saturated rings. The van der Waals surface area contributed by atoms with Crippen LogP contribution in [0.3, 0.4) is 0 Å². The van der Waals surface area contributed by atoms with Crippen LogP contribution >= 0.6 is 10.0 Å². The van der Waals surface area contributed by atoms with Crippen molar-refractivity contribution in [2.24, 2.45) is 4.99 Å². The molecule has 31 heavy (non-hydrogen) atoms. The maximum Gasteiger partial charge on any atom is 0.237 e. The van der Waals surface area contributed by atoms with Crippen molar-refractivity contribution in [1.82, 2.24) is 15.5 Å². The molecule has 2 heterocycles. The molecule has 1 atom stereocenters. The molecule has 2 aliphatic heterocycles.